The van der Waals surface area contributed by atoms with Crippen LogP contribution in [-0.2, 0) is 0 Å². The maximum atomic E-state index is 9.80. The van der Waals surface area contributed by atoms with Gasteiger partial charge in [0.05, 0.1) is 17.5 Å². The highest BCUT2D eigenvalue weighted by Crippen LogP contribution is 2.36. The zero-order chi connectivity index (χ0) is 15.6. The van der Waals surface area contributed by atoms with Gasteiger partial charge >= 0.3 is 0 Å². The normalized spacial score (nSPS) is 10.6. The van der Waals surface area contributed by atoms with Crippen molar-refractivity contribution in [1.29, 1.82) is 5.26 Å². The fourth-order valence-electron chi connectivity index (χ4n) is 2.81. The number of nitrogens with zero attached hydrogens (tertiary/aromatic N) is 2. The number of aromatic nitrogens is 1. The van der Waals surface area contributed by atoms with Crippen LogP contribution in [0.25, 0.3) is 33.5 Å². The first-order valence-electron chi connectivity index (χ1n) is 7.30. The summed E-state index contributed by atoms with van der Waals surface area (Å²) in [4.78, 5) is 4.57. The van der Waals surface area contributed by atoms with Gasteiger partial charge in [0.1, 0.15) is 6.07 Å². The SMILES string of the molecule is N#Cc1c(-c2ccccc2)nc2occc2c1-c1ccccc1. The average molecular weight is 296 g/mol. The van der Waals surface area contributed by atoms with E-state index in [-0.39, 0.29) is 0 Å². The minimum Gasteiger partial charge on any atom is -0.446 e. The monoisotopic (exact) mass is 296 g/mol. The van der Waals surface area contributed by atoms with Crippen molar-refractivity contribution in [2.24, 2.45) is 0 Å². The third-order valence-electron chi connectivity index (χ3n) is 3.84. The van der Waals surface area contributed by atoms with E-state index in [9.17, 15) is 5.26 Å². The summed E-state index contributed by atoms with van der Waals surface area (Å²) in [5, 5.41) is 10.7. The molecule has 2 heterocycles. The first-order valence-corrected chi connectivity index (χ1v) is 7.30. The molecule has 0 aliphatic heterocycles. The van der Waals surface area contributed by atoms with E-state index in [1.54, 1.807) is 6.26 Å². The number of hydrogen-bond acceptors (Lipinski definition) is 3. The Hall–Kier alpha value is -3.38. The molecule has 0 atom stereocenters. The van der Waals surface area contributed by atoms with Crippen LogP contribution in [0.4, 0.5) is 0 Å². The number of hydrogen-bond donors (Lipinski definition) is 0. The molecule has 3 nitrogen and oxygen atoms in total. The van der Waals surface area contributed by atoms with E-state index in [1.807, 2.05) is 66.7 Å². The van der Waals surface area contributed by atoms with Crippen molar-refractivity contribution in [1.82, 2.24) is 4.98 Å². The Morgan fingerprint density at radius 3 is 2.13 bits per heavy atom. The molecule has 0 N–H and O–H groups in total. The van der Waals surface area contributed by atoms with E-state index < -0.39 is 0 Å². The van der Waals surface area contributed by atoms with Crippen molar-refractivity contribution >= 4 is 11.1 Å². The molecule has 0 fully saturated rings. The number of nitriles is 1. The lowest BCUT2D eigenvalue weighted by molar-refractivity contribution is 0.603. The summed E-state index contributed by atoms with van der Waals surface area (Å²) < 4.78 is 5.52. The molecule has 0 saturated heterocycles. The number of furan rings is 1. The van der Waals surface area contributed by atoms with Gasteiger partial charge in [0.2, 0.25) is 5.71 Å². The molecule has 0 spiro atoms. The summed E-state index contributed by atoms with van der Waals surface area (Å²) in [5.41, 5.74) is 4.51. The molecular formula is C20H12N2O. The van der Waals surface area contributed by atoms with Crippen molar-refractivity contribution < 1.29 is 4.42 Å². The lowest BCUT2D eigenvalue weighted by Crippen LogP contribution is -1.94. The van der Waals surface area contributed by atoms with Gasteiger partial charge in [-0.15, -0.1) is 0 Å². The van der Waals surface area contributed by atoms with E-state index in [0.29, 0.717) is 17.0 Å². The third-order valence-corrected chi connectivity index (χ3v) is 3.84. The Labute approximate surface area is 133 Å². The van der Waals surface area contributed by atoms with Crippen LogP contribution < -0.4 is 0 Å². The molecule has 0 amide bonds. The predicted molar refractivity (Wildman–Crippen MR) is 89.6 cm³/mol. The minimum atomic E-state index is 0.543. The lowest BCUT2D eigenvalue weighted by atomic mass is 9.94. The second kappa shape index (κ2) is 5.43. The zero-order valence-electron chi connectivity index (χ0n) is 12.2. The number of pyridine rings is 1. The Kier molecular flexibility index (Phi) is 3.14. The number of fused-ring (bicyclic) bond motifs is 1. The highest BCUT2D eigenvalue weighted by atomic mass is 16.3. The molecule has 0 aliphatic carbocycles. The highest BCUT2D eigenvalue weighted by Gasteiger charge is 2.19. The predicted octanol–water partition coefficient (Wildman–Crippen LogP) is 5.03. The molecule has 4 aromatic rings. The standard InChI is InChI=1S/C20H12N2O/c21-13-17-18(14-7-3-1-4-8-14)16-11-12-23-20(16)22-19(17)15-9-5-2-6-10-15/h1-12H. The lowest BCUT2D eigenvalue weighted by Gasteiger charge is -2.10. The average Bonchev–Trinajstić information content (AvgIpc) is 3.09. The van der Waals surface area contributed by atoms with Gasteiger partial charge in [0.15, 0.2) is 0 Å². The van der Waals surface area contributed by atoms with Crippen LogP contribution in [-0.4, -0.2) is 4.98 Å². The maximum Gasteiger partial charge on any atom is 0.227 e. The number of rotatable bonds is 2. The smallest absolute Gasteiger partial charge is 0.227 e. The quantitative estimate of drug-likeness (QED) is 0.521. The Morgan fingerprint density at radius 1 is 0.826 bits per heavy atom. The molecule has 3 heteroatoms. The van der Waals surface area contributed by atoms with Gasteiger partial charge < -0.3 is 4.42 Å². The fraction of sp³-hybridized carbons (Fsp3) is 0. The molecule has 0 aliphatic rings. The molecule has 23 heavy (non-hydrogen) atoms. The van der Waals surface area contributed by atoms with Crippen LogP contribution in [0.15, 0.2) is 77.4 Å². The second-order valence-corrected chi connectivity index (χ2v) is 5.19. The summed E-state index contributed by atoms with van der Waals surface area (Å²) in [6.45, 7) is 0. The highest BCUT2D eigenvalue weighted by molar-refractivity contribution is 5.98. The molecule has 0 unspecified atom stereocenters. The first kappa shape index (κ1) is 13.3. The van der Waals surface area contributed by atoms with Crippen LogP contribution in [0.2, 0.25) is 0 Å². The number of benzene rings is 2. The molecule has 0 radical (unpaired) electrons. The minimum absolute atomic E-state index is 0.543. The van der Waals surface area contributed by atoms with Crippen LogP contribution in [0.3, 0.4) is 0 Å². The van der Waals surface area contributed by atoms with Crippen molar-refractivity contribution in [3.05, 3.63) is 78.6 Å². The van der Waals surface area contributed by atoms with E-state index >= 15 is 0 Å². The van der Waals surface area contributed by atoms with Crippen molar-refractivity contribution in [3.63, 3.8) is 0 Å². The van der Waals surface area contributed by atoms with Gasteiger partial charge in [-0.05, 0) is 11.6 Å². The van der Waals surface area contributed by atoms with Crippen LogP contribution in [0.1, 0.15) is 5.56 Å². The van der Waals surface area contributed by atoms with Gasteiger partial charge in [-0.2, -0.15) is 5.26 Å². The molecule has 2 aromatic carbocycles. The van der Waals surface area contributed by atoms with Gasteiger partial charge in [-0.25, -0.2) is 4.98 Å². The van der Waals surface area contributed by atoms with Crippen molar-refractivity contribution in [2.75, 3.05) is 0 Å². The molecule has 0 bridgehead atoms. The van der Waals surface area contributed by atoms with Crippen LogP contribution in [0.5, 0.6) is 0 Å². The third kappa shape index (κ3) is 2.18. The van der Waals surface area contributed by atoms with Crippen LogP contribution in [0, 0.1) is 11.3 Å². The molecule has 108 valence electrons. The molecular weight excluding hydrogens is 284 g/mol. The summed E-state index contributed by atoms with van der Waals surface area (Å²) in [5.74, 6) is 0. The van der Waals surface area contributed by atoms with E-state index in [4.69, 9.17) is 4.42 Å². The Balaban J connectivity index is 2.12. The van der Waals surface area contributed by atoms with Crippen molar-refractivity contribution in [2.45, 2.75) is 0 Å². The first-order chi connectivity index (χ1) is 11.4. The van der Waals surface area contributed by atoms with Gasteiger partial charge in [-0.1, -0.05) is 60.7 Å². The summed E-state index contributed by atoms with van der Waals surface area (Å²) in [6.07, 6.45) is 1.61. The zero-order valence-corrected chi connectivity index (χ0v) is 12.2. The van der Waals surface area contributed by atoms with Crippen molar-refractivity contribution in [3.8, 4) is 28.5 Å². The van der Waals surface area contributed by atoms with E-state index in [1.165, 1.54) is 0 Å². The van der Waals surface area contributed by atoms with Gasteiger partial charge in [-0.3, -0.25) is 0 Å². The summed E-state index contributed by atoms with van der Waals surface area (Å²) >= 11 is 0. The summed E-state index contributed by atoms with van der Waals surface area (Å²) in [6, 6.07) is 23.8. The Morgan fingerprint density at radius 2 is 1.48 bits per heavy atom. The molecule has 2 aromatic heterocycles. The van der Waals surface area contributed by atoms with Gasteiger partial charge in [0.25, 0.3) is 0 Å². The second-order valence-electron chi connectivity index (χ2n) is 5.19. The Bertz CT molecular complexity index is 1010. The van der Waals surface area contributed by atoms with E-state index in [0.717, 1.165) is 22.1 Å². The van der Waals surface area contributed by atoms with Crippen LogP contribution >= 0.6 is 0 Å². The van der Waals surface area contributed by atoms with Gasteiger partial charge in [0, 0.05) is 16.5 Å². The maximum absolute atomic E-state index is 9.80. The molecule has 0 saturated carbocycles. The summed E-state index contributed by atoms with van der Waals surface area (Å²) in [7, 11) is 0. The molecule has 4 rings (SSSR count). The fourth-order valence-corrected chi connectivity index (χ4v) is 2.81. The van der Waals surface area contributed by atoms with E-state index in [2.05, 4.69) is 11.1 Å². The topological polar surface area (TPSA) is 49.8 Å². The largest absolute Gasteiger partial charge is 0.446 e.